The minimum Gasteiger partial charge on any atom is -0.393 e. The fourth-order valence-corrected chi connectivity index (χ4v) is 3.39. The number of rotatable bonds is 5. The van der Waals surface area contributed by atoms with Crippen molar-refractivity contribution in [3.8, 4) is 0 Å². The maximum atomic E-state index is 12.3. The molecule has 0 aromatic heterocycles. The van der Waals surface area contributed by atoms with Crippen LogP contribution in [0.5, 0.6) is 0 Å². The number of hydrogen-bond donors (Lipinski definition) is 2. The van der Waals surface area contributed by atoms with Gasteiger partial charge in [0.15, 0.2) is 0 Å². The summed E-state index contributed by atoms with van der Waals surface area (Å²) in [6.07, 6.45) is 0.587. The van der Waals surface area contributed by atoms with Gasteiger partial charge in [-0.05, 0) is 38.0 Å². The van der Waals surface area contributed by atoms with Gasteiger partial charge in [0, 0.05) is 25.2 Å². The first-order valence-corrected chi connectivity index (χ1v) is 7.41. The van der Waals surface area contributed by atoms with Crippen LogP contribution in [0.1, 0.15) is 33.1 Å². The first-order chi connectivity index (χ1) is 8.97. The van der Waals surface area contributed by atoms with Crippen LogP contribution in [0, 0.1) is 11.8 Å². The molecule has 2 N–H and O–H groups in total. The Morgan fingerprint density at radius 2 is 2.05 bits per heavy atom. The van der Waals surface area contributed by atoms with E-state index in [-0.39, 0.29) is 24.6 Å². The van der Waals surface area contributed by atoms with Gasteiger partial charge in [-0.2, -0.15) is 0 Å². The lowest BCUT2D eigenvalue weighted by molar-refractivity contribution is -0.0124. The summed E-state index contributed by atoms with van der Waals surface area (Å²) in [5.41, 5.74) is 0. The second-order valence-electron chi connectivity index (χ2n) is 6.31. The Morgan fingerprint density at radius 3 is 2.53 bits per heavy atom. The quantitative estimate of drug-likeness (QED) is 0.802. The first kappa shape index (κ1) is 15.1. The van der Waals surface area contributed by atoms with Gasteiger partial charge in [-0.25, -0.2) is 8.78 Å². The summed E-state index contributed by atoms with van der Waals surface area (Å²) in [6.45, 7) is 5.56. The SMILES string of the molecule is CC(O)C1CC(NCC(F)F)CN(C2CCC2C)C1. The van der Waals surface area contributed by atoms with E-state index in [2.05, 4.69) is 17.1 Å². The van der Waals surface area contributed by atoms with Gasteiger partial charge in [0.1, 0.15) is 0 Å². The average Bonchev–Trinajstić information content (AvgIpc) is 2.34. The number of halogens is 2. The van der Waals surface area contributed by atoms with E-state index in [1.807, 2.05) is 6.92 Å². The number of aliphatic hydroxyl groups excluding tert-OH is 1. The molecule has 0 amide bonds. The number of aliphatic hydroxyl groups is 1. The summed E-state index contributed by atoms with van der Waals surface area (Å²) in [5.74, 6) is 0.889. The van der Waals surface area contributed by atoms with Gasteiger partial charge in [0.25, 0.3) is 6.43 Å². The third-order valence-electron chi connectivity index (χ3n) is 4.80. The summed E-state index contributed by atoms with van der Waals surface area (Å²) in [7, 11) is 0. The third-order valence-corrected chi connectivity index (χ3v) is 4.80. The number of nitrogens with zero attached hydrogens (tertiary/aromatic N) is 1. The van der Waals surface area contributed by atoms with E-state index in [1.165, 1.54) is 12.8 Å². The van der Waals surface area contributed by atoms with E-state index in [9.17, 15) is 13.9 Å². The molecule has 2 fully saturated rings. The molecule has 112 valence electrons. The molecule has 3 nitrogen and oxygen atoms in total. The van der Waals surface area contributed by atoms with E-state index in [0.717, 1.165) is 19.5 Å². The number of nitrogens with one attached hydrogen (secondary N) is 1. The fraction of sp³-hybridized carbons (Fsp3) is 1.00. The lowest BCUT2D eigenvalue weighted by atomic mass is 9.77. The van der Waals surface area contributed by atoms with Crippen LogP contribution in [-0.4, -0.2) is 54.3 Å². The molecule has 1 aliphatic carbocycles. The summed E-state index contributed by atoms with van der Waals surface area (Å²) in [5, 5.41) is 12.8. The van der Waals surface area contributed by atoms with E-state index in [0.29, 0.717) is 12.0 Å². The van der Waals surface area contributed by atoms with E-state index >= 15 is 0 Å². The fourth-order valence-electron chi connectivity index (χ4n) is 3.39. The lowest BCUT2D eigenvalue weighted by Gasteiger charge is -2.49. The van der Waals surface area contributed by atoms with Crippen LogP contribution in [0.2, 0.25) is 0 Å². The summed E-state index contributed by atoms with van der Waals surface area (Å²) < 4.78 is 24.6. The molecule has 0 radical (unpaired) electrons. The van der Waals surface area contributed by atoms with Gasteiger partial charge in [0.05, 0.1) is 12.6 Å². The Balaban J connectivity index is 1.92. The molecule has 0 aromatic rings. The molecule has 5 atom stereocenters. The topological polar surface area (TPSA) is 35.5 Å². The highest BCUT2D eigenvalue weighted by atomic mass is 19.3. The molecule has 2 rings (SSSR count). The Bertz CT molecular complexity index is 289. The van der Waals surface area contributed by atoms with Gasteiger partial charge in [-0.15, -0.1) is 0 Å². The van der Waals surface area contributed by atoms with Gasteiger partial charge in [-0.3, -0.25) is 4.90 Å². The lowest BCUT2D eigenvalue weighted by Crippen LogP contribution is -2.58. The van der Waals surface area contributed by atoms with Gasteiger partial charge in [0.2, 0.25) is 0 Å². The molecule has 0 bridgehead atoms. The van der Waals surface area contributed by atoms with Crippen molar-refractivity contribution < 1.29 is 13.9 Å². The summed E-state index contributed by atoms with van der Waals surface area (Å²) >= 11 is 0. The molecule has 1 saturated heterocycles. The van der Waals surface area contributed by atoms with Crippen LogP contribution in [0.4, 0.5) is 8.78 Å². The molecule has 5 unspecified atom stereocenters. The first-order valence-electron chi connectivity index (χ1n) is 7.41. The van der Waals surface area contributed by atoms with E-state index < -0.39 is 6.43 Å². The predicted molar refractivity (Wildman–Crippen MR) is 71.3 cm³/mol. The number of piperidine rings is 1. The van der Waals surface area contributed by atoms with Crippen molar-refractivity contribution >= 4 is 0 Å². The molecule has 1 heterocycles. The highest BCUT2D eigenvalue weighted by molar-refractivity contribution is 4.93. The zero-order chi connectivity index (χ0) is 14.0. The smallest absolute Gasteiger partial charge is 0.250 e. The minimum absolute atomic E-state index is 0.0788. The van der Waals surface area contributed by atoms with Crippen molar-refractivity contribution in [2.45, 2.75) is 57.7 Å². The van der Waals surface area contributed by atoms with Crippen molar-refractivity contribution in [3.63, 3.8) is 0 Å². The largest absolute Gasteiger partial charge is 0.393 e. The van der Waals surface area contributed by atoms with Gasteiger partial charge in [-0.1, -0.05) is 6.92 Å². The third kappa shape index (κ3) is 3.86. The van der Waals surface area contributed by atoms with Crippen LogP contribution in [0.3, 0.4) is 0 Å². The van der Waals surface area contributed by atoms with Crippen LogP contribution in [-0.2, 0) is 0 Å². The van der Waals surface area contributed by atoms with Crippen molar-refractivity contribution in [2.24, 2.45) is 11.8 Å². The minimum atomic E-state index is -2.30. The standard InChI is InChI=1S/C14H26F2N2O/c1-9-3-4-13(9)18-7-11(10(2)19)5-12(8-18)17-6-14(15)16/h9-14,17,19H,3-8H2,1-2H3. The Hall–Kier alpha value is -0.260. The second-order valence-corrected chi connectivity index (χ2v) is 6.31. The van der Waals surface area contributed by atoms with E-state index in [4.69, 9.17) is 0 Å². The number of likely N-dealkylation sites (tertiary alicyclic amines) is 1. The van der Waals surface area contributed by atoms with Crippen LogP contribution < -0.4 is 5.32 Å². The Labute approximate surface area is 114 Å². The zero-order valence-corrected chi connectivity index (χ0v) is 11.9. The maximum absolute atomic E-state index is 12.3. The van der Waals surface area contributed by atoms with Crippen molar-refractivity contribution in [3.05, 3.63) is 0 Å². The second kappa shape index (κ2) is 6.46. The molecular formula is C14H26F2N2O. The predicted octanol–water partition coefficient (Wildman–Crippen LogP) is 1.71. The van der Waals surface area contributed by atoms with Gasteiger partial charge < -0.3 is 10.4 Å². The molecule has 0 spiro atoms. The molecule has 19 heavy (non-hydrogen) atoms. The highest BCUT2D eigenvalue weighted by Crippen LogP contribution is 2.34. The van der Waals surface area contributed by atoms with Crippen LogP contribution in [0.25, 0.3) is 0 Å². The van der Waals surface area contributed by atoms with Crippen molar-refractivity contribution in [2.75, 3.05) is 19.6 Å². The molecule has 5 heteroatoms. The number of hydrogen-bond acceptors (Lipinski definition) is 3. The number of alkyl halides is 2. The van der Waals surface area contributed by atoms with Crippen molar-refractivity contribution in [1.82, 2.24) is 10.2 Å². The average molecular weight is 276 g/mol. The van der Waals surface area contributed by atoms with Crippen LogP contribution in [0.15, 0.2) is 0 Å². The molecule has 1 aliphatic heterocycles. The highest BCUT2D eigenvalue weighted by Gasteiger charge is 2.38. The molecule has 2 aliphatic rings. The molecular weight excluding hydrogens is 250 g/mol. The molecule has 1 saturated carbocycles. The van der Waals surface area contributed by atoms with Gasteiger partial charge >= 0.3 is 0 Å². The maximum Gasteiger partial charge on any atom is 0.250 e. The summed E-state index contributed by atoms with van der Waals surface area (Å²) in [4.78, 5) is 2.40. The van der Waals surface area contributed by atoms with Crippen molar-refractivity contribution in [1.29, 1.82) is 0 Å². The molecule has 0 aromatic carbocycles. The Kier molecular flexibility index (Phi) is 5.15. The van der Waals surface area contributed by atoms with E-state index in [1.54, 1.807) is 0 Å². The normalized spacial score (nSPS) is 38.2. The summed E-state index contributed by atoms with van der Waals surface area (Å²) in [6, 6.07) is 0.660. The van der Waals surface area contributed by atoms with Crippen LogP contribution >= 0.6 is 0 Å². The Morgan fingerprint density at radius 1 is 1.32 bits per heavy atom. The monoisotopic (exact) mass is 276 g/mol. The zero-order valence-electron chi connectivity index (χ0n) is 11.9.